The van der Waals surface area contributed by atoms with Crippen LogP contribution in [0.5, 0.6) is 5.75 Å². The van der Waals surface area contributed by atoms with Crippen molar-refractivity contribution in [2.24, 2.45) is 0 Å². The van der Waals surface area contributed by atoms with Crippen LogP contribution in [0.2, 0.25) is 0 Å². The number of rotatable bonds is 5. The number of benzene rings is 4. The number of amides is 1. The van der Waals surface area contributed by atoms with Gasteiger partial charge in [-0.05, 0) is 35.2 Å². The van der Waals surface area contributed by atoms with Gasteiger partial charge in [-0.1, -0.05) is 72.8 Å². The summed E-state index contributed by atoms with van der Waals surface area (Å²) < 4.78 is 6.07. The molecule has 0 aliphatic carbocycles. The second-order valence-electron chi connectivity index (χ2n) is 6.29. The summed E-state index contributed by atoms with van der Waals surface area (Å²) in [5, 5.41) is 4.89. The third kappa shape index (κ3) is 3.98. The Balaban J connectivity index is 1.64. The number of para-hydroxylation sites is 1. The standard InChI is InChI=1S/C24H19NO2/c26-24(25-21-12-5-2-6-13-21)20-15-19-11-7-8-14-22(19)23(16-20)27-17-18-9-3-1-4-10-18/h1-16H,17H2,(H,25,26). The number of carbonyl (C=O) groups is 1. The van der Waals surface area contributed by atoms with E-state index in [1.807, 2.05) is 97.1 Å². The third-order valence-electron chi connectivity index (χ3n) is 4.35. The van der Waals surface area contributed by atoms with E-state index >= 15 is 0 Å². The summed E-state index contributed by atoms with van der Waals surface area (Å²) in [6.07, 6.45) is 0. The van der Waals surface area contributed by atoms with Gasteiger partial charge in [0.05, 0.1) is 0 Å². The fraction of sp³-hybridized carbons (Fsp3) is 0.0417. The molecule has 3 nitrogen and oxygen atoms in total. The van der Waals surface area contributed by atoms with Gasteiger partial charge in [-0.2, -0.15) is 0 Å². The van der Waals surface area contributed by atoms with Crippen molar-refractivity contribution in [2.75, 3.05) is 5.32 Å². The zero-order valence-corrected chi connectivity index (χ0v) is 14.8. The first-order chi connectivity index (χ1) is 13.3. The predicted octanol–water partition coefficient (Wildman–Crippen LogP) is 5.67. The van der Waals surface area contributed by atoms with Crippen LogP contribution in [0, 0.1) is 0 Å². The number of fused-ring (bicyclic) bond motifs is 1. The zero-order chi connectivity index (χ0) is 18.5. The van der Waals surface area contributed by atoms with E-state index in [0.717, 1.165) is 22.0 Å². The van der Waals surface area contributed by atoms with Gasteiger partial charge in [0.15, 0.2) is 0 Å². The van der Waals surface area contributed by atoms with Crippen molar-refractivity contribution < 1.29 is 9.53 Å². The molecule has 0 unspecified atom stereocenters. The maximum Gasteiger partial charge on any atom is 0.255 e. The number of nitrogens with one attached hydrogen (secondary N) is 1. The SMILES string of the molecule is O=C(Nc1ccccc1)c1cc(OCc2ccccc2)c2ccccc2c1. The summed E-state index contributed by atoms with van der Waals surface area (Å²) in [5.41, 5.74) is 2.42. The van der Waals surface area contributed by atoms with E-state index in [-0.39, 0.29) is 5.91 Å². The van der Waals surface area contributed by atoms with Crippen LogP contribution >= 0.6 is 0 Å². The van der Waals surface area contributed by atoms with Crippen LogP contribution in [-0.2, 0) is 6.61 Å². The second-order valence-corrected chi connectivity index (χ2v) is 6.29. The minimum atomic E-state index is -0.156. The molecule has 132 valence electrons. The number of carbonyl (C=O) groups excluding carboxylic acids is 1. The van der Waals surface area contributed by atoms with Crippen LogP contribution in [0.15, 0.2) is 97.1 Å². The highest BCUT2D eigenvalue weighted by Crippen LogP contribution is 2.29. The highest BCUT2D eigenvalue weighted by Gasteiger charge is 2.12. The molecule has 0 atom stereocenters. The van der Waals surface area contributed by atoms with Gasteiger partial charge in [0.1, 0.15) is 12.4 Å². The number of ether oxygens (including phenoxy) is 1. The van der Waals surface area contributed by atoms with Crippen LogP contribution in [0.4, 0.5) is 5.69 Å². The number of anilines is 1. The molecule has 0 aliphatic heterocycles. The third-order valence-corrected chi connectivity index (χ3v) is 4.35. The Kier molecular flexibility index (Phi) is 4.84. The molecule has 0 saturated carbocycles. The molecule has 0 fully saturated rings. The van der Waals surface area contributed by atoms with E-state index in [4.69, 9.17) is 4.74 Å². The molecule has 0 heterocycles. The summed E-state index contributed by atoms with van der Waals surface area (Å²) >= 11 is 0. The lowest BCUT2D eigenvalue weighted by atomic mass is 10.1. The maximum absolute atomic E-state index is 12.7. The monoisotopic (exact) mass is 353 g/mol. The van der Waals surface area contributed by atoms with Crippen LogP contribution in [0.3, 0.4) is 0 Å². The van der Waals surface area contributed by atoms with E-state index in [1.54, 1.807) is 0 Å². The largest absolute Gasteiger partial charge is 0.488 e. The molecule has 0 aliphatic rings. The van der Waals surface area contributed by atoms with Crippen molar-refractivity contribution >= 4 is 22.4 Å². The van der Waals surface area contributed by atoms with Gasteiger partial charge in [0.2, 0.25) is 0 Å². The number of hydrogen-bond donors (Lipinski definition) is 1. The molecule has 4 aromatic rings. The van der Waals surface area contributed by atoms with Gasteiger partial charge in [0, 0.05) is 16.6 Å². The fourth-order valence-corrected chi connectivity index (χ4v) is 2.99. The van der Waals surface area contributed by atoms with Crippen molar-refractivity contribution in [2.45, 2.75) is 6.61 Å². The van der Waals surface area contributed by atoms with E-state index in [9.17, 15) is 4.79 Å². The summed E-state index contributed by atoms with van der Waals surface area (Å²) in [6, 6.07) is 31.1. The van der Waals surface area contributed by atoms with E-state index < -0.39 is 0 Å². The smallest absolute Gasteiger partial charge is 0.255 e. The highest BCUT2D eigenvalue weighted by molar-refractivity contribution is 6.07. The van der Waals surface area contributed by atoms with Crippen LogP contribution < -0.4 is 10.1 Å². The molecule has 0 aromatic heterocycles. The molecular weight excluding hydrogens is 334 g/mol. The molecule has 1 amide bonds. The van der Waals surface area contributed by atoms with Crippen molar-refractivity contribution in [3.63, 3.8) is 0 Å². The molecule has 0 spiro atoms. The molecule has 1 N–H and O–H groups in total. The van der Waals surface area contributed by atoms with E-state index in [2.05, 4.69) is 5.32 Å². The zero-order valence-electron chi connectivity index (χ0n) is 14.8. The lowest BCUT2D eigenvalue weighted by molar-refractivity contribution is 0.102. The Labute approximate surface area is 158 Å². The van der Waals surface area contributed by atoms with Gasteiger partial charge in [0.25, 0.3) is 5.91 Å². The number of hydrogen-bond acceptors (Lipinski definition) is 2. The van der Waals surface area contributed by atoms with Gasteiger partial charge in [-0.15, -0.1) is 0 Å². The van der Waals surface area contributed by atoms with Crippen LogP contribution in [0.25, 0.3) is 10.8 Å². The molecule has 4 aromatic carbocycles. The quantitative estimate of drug-likeness (QED) is 0.502. The second kappa shape index (κ2) is 7.75. The maximum atomic E-state index is 12.7. The molecule has 3 heteroatoms. The molecule has 4 rings (SSSR count). The summed E-state index contributed by atoms with van der Waals surface area (Å²) in [5.74, 6) is 0.548. The minimum Gasteiger partial charge on any atom is -0.488 e. The Morgan fingerprint density at radius 1 is 0.778 bits per heavy atom. The molecule has 27 heavy (non-hydrogen) atoms. The lowest BCUT2D eigenvalue weighted by Crippen LogP contribution is -2.12. The van der Waals surface area contributed by atoms with Gasteiger partial charge < -0.3 is 10.1 Å². The van der Waals surface area contributed by atoms with Gasteiger partial charge >= 0.3 is 0 Å². The fourth-order valence-electron chi connectivity index (χ4n) is 2.99. The first-order valence-electron chi connectivity index (χ1n) is 8.85. The Morgan fingerprint density at radius 3 is 2.22 bits per heavy atom. The predicted molar refractivity (Wildman–Crippen MR) is 109 cm³/mol. The van der Waals surface area contributed by atoms with E-state index in [0.29, 0.717) is 17.9 Å². The van der Waals surface area contributed by atoms with Crippen molar-refractivity contribution in [3.8, 4) is 5.75 Å². The molecule has 0 radical (unpaired) electrons. The van der Waals surface area contributed by atoms with Crippen LogP contribution in [0.1, 0.15) is 15.9 Å². The average molecular weight is 353 g/mol. The molecular formula is C24H19NO2. The Morgan fingerprint density at radius 2 is 1.44 bits per heavy atom. The minimum absolute atomic E-state index is 0.156. The normalized spacial score (nSPS) is 10.5. The Bertz CT molecular complexity index is 1060. The van der Waals surface area contributed by atoms with Crippen molar-refractivity contribution in [1.29, 1.82) is 0 Å². The van der Waals surface area contributed by atoms with Crippen molar-refractivity contribution in [1.82, 2.24) is 0 Å². The molecule has 0 saturated heterocycles. The summed E-state index contributed by atoms with van der Waals surface area (Å²) in [4.78, 5) is 12.7. The topological polar surface area (TPSA) is 38.3 Å². The van der Waals surface area contributed by atoms with Gasteiger partial charge in [-0.3, -0.25) is 4.79 Å². The lowest BCUT2D eigenvalue weighted by Gasteiger charge is -2.12. The summed E-state index contributed by atoms with van der Waals surface area (Å²) in [6.45, 7) is 0.453. The first-order valence-corrected chi connectivity index (χ1v) is 8.85. The Hall–Kier alpha value is -3.59. The van der Waals surface area contributed by atoms with E-state index in [1.165, 1.54) is 0 Å². The highest BCUT2D eigenvalue weighted by atomic mass is 16.5. The molecule has 0 bridgehead atoms. The summed E-state index contributed by atoms with van der Waals surface area (Å²) in [7, 11) is 0. The first kappa shape index (κ1) is 16.9. The van der Waals surface area contributed by atoms with Crippen molar-refractivity contribution in [3.05, 3.63) is 108 Å². The van der Waals surface area contributed by atoms with Gasteiger partial charge in [-0.25, -0.2) is 0 Å². The average Bonchev–Trinajstić information content (AvgIpc) is 2.73. The van der Waals surface area contributed by atoms with Crippen LogP contribution in [-0.4, -0.2) is 5.91 Å².